The van der Waals surface area contributed by atoms with Gasteiger partial charge < -0.3 is 10.8 Å². The second kappa shape index (κ2) is 4.34. The van der Waals surface area contributed by atoms with Gasteiger partial charge in [-0.05, 0) is 13.3 Å². The lowest BCUT2D eigenvalue weighted by Crippen LogP contribution is -2.08. The van der Waals surface area contributed by atoms with Gasteiger partial charge >= 0.3 is 5.97 Å². The second-order valence-electron chi connectivity index (χ2n) is 2.12. The fourth-order valence-electron chi connectivity index (χ4n) is 0.654. The fraction of sp³-hybridized carbons (Fsp3) is 0.429. The summed E-state index contributed by atoms with van der Waals surface area (Å²) in [6, 6.07) is 1.85. The van der Waals surface area contributed by atoms with E-state index in [1.165, 1.54) is 6.92 Å². The monoisotopic (exact) mass is 154 g/mol. The minimum absolute atomic E-state index is 0.131. The Labute approximate surface area is 64.9 Å². The Morgan fingerprint density at radius 1 is 1.73 bits per heavy atom. The van der Waals surface area contributed by atoms with E-state index in [1.54, 1.807) is 0 Å². The lowest BCUT2D eigenvalue weighted by Gasteiger charge is -1.99. The largest absolute Gasteiger partial charge is 0.478 e. The van der Waals surface area contributed by atoms with Crippen molar-refractivity contribution >= 4 is 5.97 Å². The van der Waals surface area contributed by atoms with E-state index in [0.717, 1.165) is 0 Å². The molecule has 0 unspecified atom stereocenters. The number of carboxylic acids is 1. The van der Waals surface area contributed by atoms with Gasteiger partial charge in [0, 0.05) is 12.1 Å². The standard InChI is InChI=1S/C7H10N2O2/c1-5(9)6(7(10)11)3-2-4-8/h2-3,9H2,1H3,(H,10,11). The first-order valence-electron chi connectivity index (χ1n) is 3.15. The van der Waals surface area contributed by atoms with Crippen LogP contribution in [0, 0.1) is 11.3 Å². The number of carboxylic acid groups (broad SMARTS) is 1. The molecule has 60 valence electrons. The number of aliphatic carboxylic acids is 1. The van der Waals surface area contributed by atoms with Crippen LogP contribution in [0.25, 0.3) is 0 Å². The molecule has 4 nitrogen and oxygen atoms in total. The van der Waals surface area contributed by atoms with Crippen molar-refractivity contribution in [3.05, 3.63) is 11.3 Å². The highest BCUT2D eigenvalue weighted by Gasteiger charge is 2.08. The summed E-state index contributed by atoms with van der Waals surface area (Å²) in [5.41, 5.74) is 5.67. The summed E-state index contributed by atoms with van der Waals surface area (Å²) in [7, 11) is 0. The van der Waals surface area contributed by atoms with E-state index in [2.05, 4.69) is 0 Å². The zero-order valence-electron chi connectivity index (χ0n) is 6.29. The third-order valence-electron chi connectivity index (χ3n) is 1.22. The second-order valence-corrected chi connectivity index (χ2v) is 2.12. The number of carbonyl (C=O) groups is 1. The zero-order chi connectivity index (χ0) is 8.85. The van der Waals surface area contributed by atoms with Gasteiger partial charge in [0.05, 0.1) is 11.6 Å². The van der Waals surface area contributed by atoms with Gasteiger partial charge in [0.2, 0.25) is 0 Å². The van der Waals surface area contributed by atoms with Gasteiger partial charge in [-0.3, -0.25) is 0 Å². The molecule has 0 aromatic carbocycles. The summed E-state index contributed by atoms with van der Waals surface area (Å²) in [6.45, 7) is 1.51. The zero-order valence-corrected chi connectivity index (χ0v) is 6.29. The lowest BCUT2D eigenvalue weighted by molar-refractivity contribution is -0.132. The van der Waals surface area contributed by atoms with Crippen LogP contribution >= 0.6 is 0 Å². The first kappa shape index (κ1) is 9.50. The molecule has 0 aliphatic carbocycles. The fourth-order valence-corrected chi connectivity index (χ4v) is 0.654. The molecule has 0 aliphatic heterocycles. The number of nitriles is 1. The molecular weight excluding hydrogens is 144 g/mol. The third-order valence-corrected chi connectivity index (χ3v) is 1.22. The van der Waals surface area contributed by atoms with Crippen LogP contribution in [0.1, 0.15) is 19.8 Å². The summed E-state index contributed by atoms with van der Waals surface area (Å²) < 4.78 is 0. The van der Waals surface area contributed by atoms with Crippen molar-refractivity contribution in [1.29, 1.82) is 5.26 Å². The molecule has 3 N–H and O–H groups in total. The summed E-state index contributed by atoms with van der Waals surface area (Å²) in [5, 5.41) is 16.7. The average molecular weight is 154 g/mol. The SMILES string of the molecule is CC(N)=C(CCC#N)C(=O)O. The molecule has 4 heteroatoms. The number of allylic oxidation sites excluding steroid dienone is 1. The van der Waals surface area contributed by atoms with E-state index in [1.807, 2.05) is 6.07 Å². The molecule has 0 saturated carbocycles. The molecule has 0 radical (unpaired) electrons. The number of nitrogens with two attached hydrogens (primary N) is 1. The molecule has 0 saturated heterocycles. The Morgan fingerprint density at radius 2 is 2.27 bits per heavy atom. The molecule has 0 aliphatic rings. The maximum absolute atomic E-state index is 10.4. The van der Waals surface area contributed by atoms with Crippen LogP contribution < -0.4 is 5.73 Å². The van der Waals surface area contributed by atoms with Gasteiger partial charge in [0.25, 0.3) is 0 Å². The van der Waals surface area contributed by atoms with Crippen LogP contribution in [0.3, 0.4) is 0 Å². The minimum atomic E-state index is -1.04. The van der Waals surface area contributed by atoms with E-state index >= 15 is 0 Å². The van der Waals surface area contributed by atoms with Crippen LogP contribution in [0.15, 0.2) is 11.3 Å². The third kappa shape index (κ3) is 3.26. The van der Waals surface area contributed by atoms with Gasteiger partial charge in [-0.15, -0.1) is 0 Å². The summed E-state index contributed by atoms with van der Waals surface area (Å²) in [5.74, 6) is -1.04. The van der Waals surface area contributed by atoms with Crippen molar-refractivity contribution in [2.75, 3.05) is 0 Å². The van der Waals surface area contributed by atoms with Gasteiger partial charge in [-0.1, -0.05) is 0 Å². The Bertz CT molecular complexity index is 221. The van der Waals surface area contributed by atoms with E-state index < -0.39 is 5.97 Å². The number of hydrogen-bond donors (Lipinski definition) is 2. The van der Waals surface area contributed by atoms with Gasteiger partial charge in [-0.2, -0.15) is 5.26 Å². The molecule has 0 spiro atoms. The van der Waals surface area contributed by atoms with Gasteiger partial charge in [0.15, 0.2) is 0 Å². The van der Waals surface area contributed by atoms with Crippen LogP contribution in [0.4, 0.5) is 0 Å². The van der Waals surface area contributed by atoms with Crippen molar-refractivity contribution in [3.63, 3.8) is 0 Å². The van der Waals surface area contributed by atoms with Crippen molar-refractivity contribution in [3.8, 4) is 6.07 Å². The molecule has 11 heavy (non-hydrogen) atoms. The van der Waals surface area contributed by atoms with Crippen molar-refractivity contribution in [2.45, 2.75) is 19.8 Å². The Morgan fingerprint density at radius 3 is 2.55 bits per heavy atom. The van der Waals surface area contributed by atoms with Crippen molar-refractivity contribution in [1.82, 2.24) is 0 Å². The molecular formula is C7H10N2O2. The number of rotatable bonds is 3. The number of nitrogens with zero attached hydrogens (tertiary/aromatic N) is 1. The van der Waals surface area contributed by atoms with E-state index in [0.29, 0.717) is 0 Å². The molecule has 0 fully saturated rings. The maximum Gasteiger partial charge on any atom is 0.333 e. The van der Waals surface area contributed by atoms with Gasteiger partial charge in [-0.25, -0.2) is 4.79 Å². The highest BCUT2D eigenvalue weighted by molar-refractivity contribution is 5.87. The summed E-state index contributed by atoms with van der Waals surface area (Å²) in [4.78, 5) is 10.4. The smallest absolute Gasteiger partial charge is 0.333 e. The molecule has 0 amide bonds. The van der Waals surface area contributed by atoms with Crippen LogP contribution in [-0.2, 0) is 4.79 Å². The predicted octanol–water partition coefficient (Wildman–Crippen LogP) is 0.607. The normalized spacial score (nSPS) is 11.6. The van der Waals surface area contributed by atoms with E-state index in [9.17, 15) is 4.79 Å². The molecule has 0 heterocycles. The maximum atomic E-state index is 10.4. The first-order chi connectivity index (χ1) is 5.09. The summed E-state index contributed by atoms with van der Waals surface area (Å²) >= 11 is 0. The van der Waals surface area contributed by atoms with Crippen molar-refractivity contribution < 1.29 is 9.90 Å². The first-order valence-corrected chi connectivity index (χ1v) is 3.15. The van der Waals surface area contributed by atoms with E-state index in [-0.39, 0.29) is 24.1 Å². The topological polar surface area (TPSA) is 87.1 Å². The lowest BCUT2D eigenvalue weighted by atomic mass is 10.1. The van der Waals surface area contributed by atoms with Crippen LogP contribution in [-0.4, -0.2) is 11.1 Å². The van der Waals surface area contributed by atoms with Gasteiger partial charge in [0.1, 0.15) is 0 Å². The molecule has 0 bridgehead atoms. The summed E-state index contributed by atoms with van der Waals surface area (Å²) in [6.07, 6.45) is 0.407. The quantitative estimate of drug-likeness (QED) is 0.583. The van der Waals surface area contributed by atoms with Crippen LogP contribution in [0.2, 0.25) is 0 Å². The minimum Gasteiger partial charge on any atom is -0.478 e. The molecule has 0 atom stereocenters. The molecule has 0 aromatic rings. The van der Waals surface area contributed by atoms with E-state index in [4.69, 9.17) is 16.1 Å². The molecule has 0 rings (SSSR count). The Hall–Kier alpha value is -1.50. The predicted molar refractivity (Wildman–Crippen MR) is 39.4 cm³/mol. The average Bonchev–Trinajstić information content (AvgIpc) is 1.87. The molecule has 0 aromatic heterocycles. The Kier molecular flexibility index (Phi) is 3.75. The highest BCUT2D eigenvalue weighted by atomic mass is 16.4. The number of hydrogen-bond acceptors (Lipinski definition) is 3. The van der Waals surface area contributed by atoms with Crippen molar-refractivity contribution in [2.24, 2.45) is 5.73 Å². The highest BCUT2D eigenvalue weighted by Crippen LogP contribution is 2.06. The Balaban J connectivity index is 4.29. The van der Waals surface area contributed by atoms with Crippen LogP contribution in [0.5, 0.6) is 0 Å².